The minimum atomic E-state index is -1.29. The first-order valence-electron chi connectivity index (χ1n) is 5.41. The summed E-state index contributed by atoms with van der Waals surface area (Å²) in [6.45, 7) is 1.10. The van der Waals surface area contributed by atoms with E-state index in [4.69, 9.17) is 10.8 Å². The van der Waals surface area contributed by atoms with E-state index < -0.39 is 30.4 Å². The number of amides is 3. The lowest BCUT2D eigenvalue weighted by Gasteiger charge is -2.22. The molecule has 0 aromatic heterocycles. The van der Waals surface area contributed by atoms with E-state index in [2.05, 4.69) is 5.32 Å². The Morgan fingerprint density at radius 2 is 1.78 bits per heavy atom. The fraction of sp³-hybridized carbons (Fsp3) is 0.700. The Bertz CT molecular complexity index is 319. The maximum absolute atomic E-state index is 11.6. The Balaban J connectivity index is 4.32. The van der Waals surface area contributed by atoms with Gasteiger partial charge in [0.25, 0.3) is 0 Å². The summed E-state index contributed by atoms with van der Waals surface area (Å²) in [7, 11) is 5.26. The molecule has 0 saturated carbocycles. The third-order valence-corrected chi connectivity index (χ3v) is 2.23. The van der Waals surface area contributed by atoms with E-state index in [1.54, 1.807) is 7.05 Å². The first-order valence-corrected chi connectivity index (χ1v) is 5.41. The number of hydrogen-bond donors (Lipinski definition) is 3. The van der Waals surface area contributed by atoms with E-state index in [0.717, 1.165) is 0 Å². The van der Waals surface area contributed by atoms with Crippen molar-refractivity contribution in [1.29, 1.82) is 0 Å². The number of primary amides is 1. The van der Waals surface area contributed by atoms with Crippen molar-refractivity contribution >= 4 is 17.9 Å². The number of urea groups is 1. The fourth-order valence-corrected chi connectivity index (χ4v) is 1.11. The largest absolute Gasteiger partial charge is 0.480 e. The first kappa shape index (κ1) is 16.2. The van der Waals surface area contributed by atoms with Crippen molar-refractivity contribution in [3.63, 3.8) is 0 Å². The van der Waals surface area contributed by atoms with Gasteiger partial charge in [0.2, 0.25) is 5.91 Å². The van der Waals surface area contributed by atoms with E-state index in [1.807, 2.05) is 19.0 Å². The van der Waals surface area contributed by atoms with Crippen LogP contribution in [-0.4, -0.2) is 73.1 Å². The van der Waals surface area contributed by atoms with E-state index in [0.29, 0.717) is 13.1 Å². The van der Waals surface area contributed by atoms with Crippen LogP contribution in [0, 0.1) is 0 Å². The van der Waals surface area contributed by atoms with Crippen molar-refractivity contribution in [3.8, 4) is 0 Å². The smallest absolute Gasteiger partial charge is 0.326 e. The summed E-state index contributed by atoms with van der Waals surface area (Å²) in [5.74, 6) is -2.07. The molecule has 0 aromatic rings. The van der Waals surface area contributed by atoms with Gasteiger partial charge in [0.1, 0.15) is 6.04 Å². The normalized spacial score (nSPS) is 12.0. The standard InChI is InChI=1S/C10H20N4O4/c1-13(2)4-5-14(3)10(18)12-7(9(16)17)6-8(11)15/h7H,4-6H2,1-3H3,(H2,11,15)(H,12,18)(H,16,17)/t7-/m1/s1. The van der Waals surface area contributed by atoms with Gasteiger partial charge in [0.05, 0.1) is 6.42 Å². The van der Waals surface area contributed by atoms with Gasteiger partial charge >= 0.3 is 12.0 Å². The van der Waals surface area contributed by atoms with Crippen LogP contribution < -0.4 is 11.1 Å². The van der Waals surface area contributed by atoms with Crippen molar-refractivity contribution < 1.29 is 19.5 Å². The predicted octanol–water partition coefficient (Wildman–Crippen LogP) is -1.48. The third kappa shape index (κ3) is 6.69. The van der Waals surface area contributed by atoms with E-state index >= 15 is 0 Å². The summed E-state index contributed by atoms with van der Waals surface area (Å²) in [4.78, 5) is 36.3. The molecule has 18 heavy (non-hydrogen) atoms. The Labute approximate surface area is 106 Å². The van der Waals surface area contributed by atoms with Gasteiger partial charge in [-0.2, -0.15) is 0 Å². The van der Waals surface area contributed by atoms with E-state index in [1.165, 1.54) is 4.90 Å². The molecule has 3 amide bonds. The quantitative estimate of drug-likeness (QED) is 0.516. The summed E-state index contributed by atoms with van der Waals surface area (Å²) in [5, 5.41) is 11.1. The predicted molar refractivity (Wildman–Crippen MR) is 65.0 cm³/mol. The Kier molecular flexibility index (Phi) is 6.73. The van der Waals surface area contributed by atoms with Gasteiger partial charge in [-0.05, 0) is 14.1 Å². The molecule has 0 radical (unpaired) electrons. The molecule has 0 aromatic carbocycles. The lowest BCUT2D eigenvalue weighted by Crippen LogP contribution is -2.49. The number of carbonyl (C=O) groups excluding carboxylic acids is 2. The summed E-state index contributed by atoms with van der Waals surface area (Å²) >= 11 is 0. The number of likely N-dealkylation sites (N-methyl/N-ethyl adjacent to an activating group) is 2. The summed E-state index contributed by atoms with van der Waals surface area (Å²) < 4.78 is 0. The summed E-state index contributed by atoms with van der Waals surface area (Å²) in [5.41, 5.74) is 4.91. The molecule has 0 spiro atoms. The van der Waals surface area contributed by atoms with E-state index in [-0.39, 0.29) is 0 Å². The SMILES string of the molecule is CN(C)CCN(C)C(=O)N[C@H](CC(N)=O)C(=O)O. The summed E-state index contributed by atoms with van der Waals surface area (Å²) in [6.07, 6.45) is -0.428. The molecule has 8 nitrogen and oxygen atoms in total. The Morgan fingerprint density at radius 3 is 2.17 bits per heavy atom. The number of aliphatic carboxylic acids is 1. The molecule has 0 rings (SSSR count). The van der Waals surface area contributed by atoms with Crippen molar-refractivity contribution in [1.82, 2.24) is 15.1 Å². The second-order valence-corrected chi connectivity index (χ2v) is 4.24. The average Bonchev–Trinajstić information content (AvgIpc) is 2.23. The number of carboxylic acids is 1. The maximum atomic E-state index is 11.6. The van der Waals surface area contributed by atoms with Crippen LogP contribution >= 0.6 is 0 Å². The zero-order valence-corrected chi connectivity index (χ0v) is 10.8. The molecule has 0 heterocycles. The monoisotopic (exact) mass is 260 g/mol. The average molecular weight is 260 g/mol. The van der Waals surface area contributed by atoms with Crippen LogP contribution in [0.1, 0.15) is 6.42 Å². The number of carboxylic acid groups (broad SMARTS) is 1. The zero-order valence-electron chi connectivity index (χ0n) is 10.8. The van der Waals surface area contributed by atoms with Crippen LogP contribution in [-0.2, 0) is 9.59 Å². The molecular weight excluding hydrogens is 240 g/mol. The molecule has 0 fully saturated rings. The zero-order chi connectivity index (χ0) is 14.3. The highest BCUT2D eigenvalue weighted by Gasteiger charge is 2.23. The molecular formula is C10H20N4O4. The van der Waals surface area contributed by atoms with Gasteiger partial charge in [-0.3, -0.25) is 4.79 Å². The lowest BCUT2D eigenvalue weighted by molar-refractivity contribution is -0.140. The highest BCUT2D eigenvalue weighted by molar-refractivity contribution is 5.87. The molecule has 0 aliphatic rings. The fourth-order valence-electron chi connectivity index (χ4n) is 1.11. The molecule has 0 unspecified atom stereocenters. The first-order chi connectivity index (χ1) is 8.23. The molecule has 1 atom stereocenters. The van der Waals surface area contributed by atoms with Crippen molar-refractivity contribution in [2.45, 2.75) is 12.5 Å². The third-order valence-electron chi connectivity index (χ3n) is 2.23. The van der Waals surface area contributed by atoms with Gasteiger partial charge < -0.3 is 26.0 Å². The maximum Gasteiger partial charge on any atom is 0.326 e. The van der Waals surface area contributed by atoms with Crippen molar-refractivity contribution in [3.05, 3.63) is 0 Å². The van der Waals surface area contributed by atoms with Crippen LogP contribution in [0.15, 0.2) is 0 Å². The van der Waals surface area contributed by atoms with Gasteiger partial charge in [0.15, 0.2) is 0 Å². The van der Waals surface area contributed by atoms with Crippen LogP contribution in [0.4, 0.5) is 4.79 Å². The molecule has 0 aliphatic carbocycles. The Hall–Kier alpha value is -1.83. The minimum absolute atomic E-state index is 0.428. The van der Waals surface area contributed by atoms with Gasteiger partial charge in [-0.1, -0.05) is 0 Å². The van der Waals surface area contributed by atoms with Gasteiger partial charge in [-0.15, -0.1) is 0 Å². The van der Waals surface area contributed by atoms with Gasteiger partial charge in [-0.25, -0.2) is 9.59 Å². The number of rotatable bonds is 7. The molecule has 0 saturated heterocycles. The highest BCUT2D eigenvalue weighted by Crippen LogP contribution is 1.94. The molecule has 104 valence electrons. The Morgan fingerprint density at radius 1 is 1.22 bits per heavy atom. The highest BCUT2D eigenvalue weighted by atomic mass is 16.4. The van der Waals surface area contributed by atoms with Crippen LogP contribution in [0.25, 0.3) is 0 Å². The van der Waals surface area contributed by atoms with Crippen LogP contribution in [0.5, 0.6) is 0 Å². The van der Waals surface area contributed by atoms with Crippen molar-refractivity contribution in [2.24, 2.45) is 5.73 Å². The molecule has 8 heteroatoms. The number of nitrogens with one attached hydrogen (secondary N) is 1. The summed E-state index contributed by atoms with van der Waals surface area (Å²) in [6, 6.07) is -1.85. The van der Waals surface area contributed by atoms with E-state index in [9.17, 15) is 14.4 Å². The van der Waals surface area contributed by atoms with Crippen LogP contribution in [0.3, 0.4) is 0 Å². The molecule has 0 aliphatic heterocycles. The second-order valence-electron chi connectivity index (χ2n) is 4.24. The van der Waals surface area contributed by atoms with Crippen molar-refractivity contribution in [2.75, 3.05) is 34.2 Å². The number of nitrogens with zero attached hydrogens (tertiary/aromatic N) is 2. The number of nitrogens with two attached hydrogens (primary N) is 1. The minimum Gasteiger partial charge on any atom is -0.480 e. The topological polar surface area (TPSA) is 116 Å². The van der Waals surface area contributed by atoms with Gasteiger partial charge in [0, 0.05) is 20.1 Å². The van der Waals surface area contributed by atoms with Crippen LogP contribution in [0.2, 0.25) is 0 Å². The molecule has 4 N–H and O–H groups in total. The lowest BCUT2D eigenvalue weighted by atomic mass is 10.2. The number of hydrogen-bond acceptors (Lipinski definition) is 4. The molecule has 0 bridgehead atoms. The second kappa shape index (κ2) is 7.49. The number of carbonyl (C=O) groups is 3.